The first kappa shape index (κ1) is 11.4. The molecule has 0 saturated carbocycles. The van der Waals surface area contributed by atoms with Gasteiger partial charge < -0.3 is 10.2 Å². The van der Waals surface area contributed by atoms with Gasteiger partial charge in [-0.2, -0.15) is 9.50 Å². The molecule has 0 bridgehead atoms. The monoisotopic (exact) mass is 246 g/mol. The number of hydrogen-bond acceptors (Lipinski definition) is 5. The predicted molar refractivity (Wildman–Crippen MR) is 70.1 cm³/mol. The fourth-order valence-corrected chi connectivity index (χ4v) is 2.61. The summed E-state index contributed by atoms with van der Waals surface area (Å²) in [5.74, 6) is 1.46. The third-order valence-corrected chi connectivity index (χ3v) is 3.40. The highest BCUT2D eigenvalue weighted by Gasteiger charge is 2.19. The lowest BCUT2D eigenvalue weighted by molar-refractivity contribution is 0.584. The third-order valence-electron chi connectivity index (χ3n) is 3.40. The Morgan fingerprint density at radius 3 is 2.50 bits per heavy atom. The molecule has 3 heterocycles. The van der Waals surface area contributed by atoms with E-state index < -0.39 is 0 Å². The summed E-state index contributed by atoms with van der Waals surface area (Å²) >= 11 is 0. The average molecular weight is 246 g/mol. The summed E-state index contributed by atoms with van der Waals surface area (Å²) in [5.41, 5.74) is 3.36. The van der Waals surface area contributed by atoms with Crippen LogP contribution in [0.5, 0.6) is 0 Å². The predicted octanol–water partition coefficient (Wildman–Crippen LogP) is 0.459. The SMILES string of the molecule is Cc1nc2nc(C)c(N3CCNCC3)c(C)n2n1. The molecule has 0 radical (unpaired) electrons. The van der Waals surface area contributed by atoms with Gasteiger partial charge in [-0.05, 0) is 20.8 Å². The van der Waals surface area contributed by atoms with E-state index in [1.807, 2.05) is 18.4 Å². The Morgan fingerprint density at radius 2 is 1.78 bits per heavy atom. The molecule has 0 unspecified atom stereocenters. The van der Waals surface area contributed by atoms with Crippen LogP contribution in [-0.2, 0) is 0 Å². The standard InChI is InChI=1S/C12H18N6/c1-8-11(17-6-4-13-5-7-17)9(2)18-12(14-8)15-10(3)16-18/h13H,4-7H2,1-3H3. The van der Waals surface area contributed by atoms with Crippen molar-refractivity contribution in [2.75, 3.05) is 31.1 Å². The zero-order valence-electron chi connectivity index (χ0n) is 11.1. The minimum absolute atomic E-state index is 0.696. The molecule has 0 atom stereocenters. The summed E-state index contributed by atoms with van der Waals surface area (Å²) in [6.45, 7) is 10.1. The molecule has 96 valence electrons. The number of nitrogens with one attached hydrogen (secondary N) is 1. The summed E-state index contributed by atoms with van der Waals surface area (Å²) in [6.07, 6.45) is 0. The minimum atomic E-state index is 0.696. The van der Waals surface area contributed by atoms with Crippen molar-refractivity contribution in [3.05, 3.63) is 17.2 Å². The van der Waals surface area contributed by atoms with E-state index in [-0.39, 0.29) is 0 Å². The smallest absolute Gasteiger partial charge is 0.252 e. The highest BCUT2D eigenvalue weighted by molar-refractivity contribution is 5.57. The molecule has 6 heteroatoms. The van der Waals surface area contributed by atoms with Gasteiger partial charge in [0, 0.05) is 26.2 Å². The Hall–Kier alpha value is -1.69. The molecule has 0 aliphatic carbocycles. The Bertz CT molecular complexity index is 582. The van der Waals surface area contributed by atoms with Crippen molar-refractivity contribution < 1.29 is 0 Å². The molecule has 6 nitrogen and oxygen atoms in total. The first-order valence-electron chi connectivity index (χ1n) is 6.33. The van der Waals surface area contributed by atoms with E-state index in [0.717, 1.165) is 43.4 Å². The molecule has 0 amide bonds. The van der Waals surface area contributed by atoms with Crippen LogP contribution in [0.4, 0.5) is 5.69 Å². The van der Waals surface area contributed by atoms with Gasteiger partial charge >= 0.3 is 0 Å². The maximum absolute atomic E-state index is 4.56. The van der Waals surface area contributed by atoms with E-state index in [1.54, 1.807) is 0 Å². The van der Waals surface area contributed by atoms with Gasteiger partial charge in [-0.3, -0.25) is 0 Å². The summed E-state index contributed by atoms with van der Waals surface area (Å²) in [4.78, 5) is 11.3. The fourth-order valence-electron chi connectivity index (χ4n) is 2.61. The van der Waals surface area contributed by atoms with Crippen LogP contribution in [0.25, 0.3) is 5.78 Å². The van der Waals surface area contributed by atoms with Gasteiger partial charge in [-0.1, -0.05) is 0 Å². The number of aromatic nitrogens is 4. The molecule has 18 heavy (non-hydrogen) atoms. The first-order chi connectivity index (χ1) is 8.66. The number of fused-ring (bicyclic) bond motifs is 1. The molecule has 1 aliphatic rings. The third kappa shape index (κ3) is 1.73. The van der Waals surface area contributed by atoms with Gasteiger partial charge in [-0.25, -0.2) is 4.98 Å². The highest BCUT2D eigenvalue weighted by Crippen LogP contribution is 2.24. The zero-order chi connectivity index (χ0) is 12.7. The summed E-state index contributed by atoms with van der Waals surface area (Å²) in [6, 6.07) is 0. The lowest BCUT2D eigenvalue weighted by Gasteiger charge is -2.31. The Labute approximate surface area is 106 Å². The largest absolute Gasteiger partial charge is 0.366 e. The lowest BCUT2D eigenvalue weighted by atomic mass is 10.2. The first-order valence-corrected chi connectivity index (χ1v) is 6.33. The van der Waals surface area contributed by atoms with Crippen molar-refractivity contribution in [1.29, 1.82) is 0 Å². The van der Waals surface area contributed by atoms with E-state index in [0.29, 0.717) is 5.78 Å². The van der Waals surface area contributed by atoms with Gasteiger partial charge in [0.15, 0.2) is 0 Å². The molecular weight excluding hydrogens is 228 g/mol. The van der Waals surface area contributed by atoms with Crippen molar-refractivity contribution >= 4 is 11.5 Å². The van der Waals surface area contributed by atoms with Gasteiger partial charge in [0.05, 0.1) is 17.1 Å². The maximum Gasteiger partial charge on any atom is 0.252 e. The molecule has 2 aromatic rings. The number of hydrogen-bond donors (Lipinski definition) is 1. The summed E-state index contributed by atoms with van der Waals surface area (Å²) in [5, 5.41) is 7.78. The zero-order valence-corrected chi connectivity index (χ0v) is 11.1. The molecule has 1 aliphatic heterocycles. The van der Waals surface area contributed by atoms with E-state index in [9.17, 15) is 0 Å². The maximum atomic E-state index is 4.56. The van der Waals surface area contributed by atoms with Crippen LogP contribution in [0, 0.1) is 20.8 Å². The second kappa shape index (κ2) is 4.20. The second-order valence-electron chi connectivity index (χ2n) is 4.74. The lowest BCUT2D eigenvalue weighted by Crippen LogP contribution is -2.44. The molecule has 0 aromatic carbocycles. The molecule has 1 saturated heterocycles. The van der Waals surface area contributed by atoms with Crippen LogP contribution < -0.4 is 10.2 Å². The van der Waals surface area contributed by atoms with E-state index >= 15 is 0 Å². The van der Waals surface area contributed by atoms with Crippen LogP contribution in [0.1, 0.15) is 17.2 Å². The van der Waals surface area contributed by atoms with Crippen molar-refractivity contribution in [1.82, 2.24) is 24.9 Å². The number of aryl methyl sites for hydroxylation is 3. The quantitative estimate of drug-likeness (QED) is 0.792. The summed E-state index contributed by atoms with van der Waals surface area (Å²) < 4.78 is 1.85. The number of rotatable bonds is 1. The number of nitrogens with zero attached hydrogens (tertiary/aromatic N) is 5. The molecule has 3 rings (SSSR count). The van der Waals surface area contributed by atoms with Crippen molar-refractivity contribution in [3.63, 3.8) is 0 Å². The Morgan fingerprint density at radius 1 is 1.06 bits per heavy atom. The van der Waals surface area contributed by atoms with Crippen LogP contribution in [0.2, 0.25) is 0 Å². The van der Waals surface area contributed by atoms with Gasteiger partial charge in [0.2, 0.25) is 0 Å². The van der Waals surface area contributed by atoms with Crippen LogP contribution in [0.15, 0.2) is 0 Å². The fraction of sp³-hybridized carbons (Fsp3) is 0.583. The second-order valence-corrected chi connectivity index (χ2v) is 4.74. The van der Waals surface area contributed by atoms with Crippen LogP contribution in [0.3, 0.4) is 0 Å². The average Bonchev–Trinajstić information content (AvgIpc) is 2.71. The van der Waals surface area contributed by atoms with E-state index in [1.165, 1.54) is 5.69 Å². The van der Waals surface area contributed by atoms with Crippen LogP contribution in [-0.4, -0.2) is 45.8 Å². The van der Waals surface area contributed by atoms with Crippen molar-refractivity contribution in [2.45, 2.75) is 20.8 Å². The Balaban J connectivity index is 2.15. The van der Waals surface area contributed by atoms with E-state index in [4.69, 9.17) is 0 Å². The topological polar surface area (TPSA) is 58.4 Å². The van der Waals surface area contributed by atoms with Crippen LogP contribution >= 0.6 is 0 Å². The number of anilines is 1. The van der Waals surface area contributed by atoms with Gasteiger partial charge in [-0.15, -0.1) is 5.10 Å². The molecule has 0 spiro atoms. The molecular formula is C12H18N6. The summed E-state index contributed by atoms with van der Waals surface area (Å²) in [7, 11) is 0. The van der Waals surface area contributed by atoms with Gasteiger partial charge in [0.25, 0.3) is 5.78 Å². The normalized spacial score (nSPS) is 16.5. The van der Waals surface area contributed by atoms with E-state index in [2.05, 4.69) is 32.2 Å². The molecule has 2 aromatic heterocycles. The van der Waals surface area contributed by atoms with Crippen molar-refractivity contribution in [3.8, 4) is 0 Å². The highest BCUT2D eigenvalue weighted by atomic mass is 15.3. The molecule has 1 fully saturated rings. The van der Waals surface area contributed by atoms with Gasteiger partial charge in [0.1, 0.15) is 5.82 Å². The number of piperazine rings is 1. The molecule has 1 N–H and O–H groups in total. The van der Waals surface area contributed by atoms with Crippen molar-refractivity contribution in [2.24, 2.45) is 0 Å². The Kier molecular flexibility index (Phi) is 2.66. The minimum Gasteiger partial charge on any atom is -0.366 e.